The van der Waals surface area contributed by atoms with Gasteiger partial charge in [-0.15, -0.1) is 0 Å². The minimum absolute atomic E-state index is 0.00391. The topological polar surface area (TPSA) is 135 Å². The SMILES string of the molecule is CC(C)(O)CCC(=O)C(C)(O)C1C(O)CC2(C)C3C(=O)C=C4C(CC(O)C(O)C4(C)C)C3(C)CCC12C. The monoisotopic (exact) mass is 520 g/mol. The summed E-state index contributed by atoms with van der Waals surface area (Å²) in [5.74, 6) is -1.72. The second-order valence-corrected chi connectivity index (χ2v) is 14.9. The number of carbonyl (C=O) groups excluding carboxylic acids is 2. The highest BCUT2D eigenvalue weighted by atomic mass is 16.3. The van der Waals surface area contributed by atoms with Gasteiger partial charge in [-0.05, 0) is 81.1 Å². The number of allylic oxidation sites excluding steroid dienone is 1. The molecule has 4 aliphatic carbocycles. The van der Waals surface area contributed by atoms with E-state index in [1.165, 1.54) is 6.92 Å². The van der Waals surface area contributed by atoms with Crippen molar-refractivity contribution in [3.05, 3.63) is 11.6 Å². The van der Waals surface area contributed by atoms with Crippen LogP contribution in [0.3, 0.4) is 0 Å². The molecule has 37 heavy (non-hydrogen) atoms. The molecule has 10 atom stereocenters. The summed E-state index contributed by atoms with van der Waals surface area (Å²) in [5, 5.41) is 54.8. The smallest absolute Gasteiger partial charge is 0.164 e. The molecule has 7 heteroatoms. The first-order chi connectivity index (χ1) is 16.6. The molecular weight excluding hydrogens is 472 g/mol. The Morgan fingerprint density at radius 2 is 1.57 bits per heavy atom. The van der Waals surface area contributed by atoms with Gasteiger partial charge in [0.1, 0.15) is 5.60 Å². The van der Waals surface area contributed by atoms with Crippen molar-refractivity contribution in [3.8, 4) is 0 Å². The standard InChI is InChI=1S/C30H48O7/c1-25(2,36)10-9-21(34)30(8,37)23-20(33)15-29(7)22-18(31)13-16-17(14-19(32)24(35)26(16,3)4)27(22,5)11-12-28(23,29)6/h13,17,19-20,22-24,32-33,35-37H,9-12,14-15H2,1-8H3. The fourth-order valence-corrected chi connectivity index (χ4v) is 9.46. The third-order valence-corrected chi connectivity index (χ3v) is 11.7. The summed E-state index contributed by atoms with van der Waals surface area (Å²) in [5.41, 5.74) is -4.55. The first-order valence-corrected chi connectivity index (χ1v) is 13.9. The lowest BCUT2D eigenvalue weighted by Crippen LogP contribution is -2.64. The molecule has 0 amide bonds. The Morgan fingerprint density at radius 3 is 2.14 bits per heavy atom. The minimum atomic E-state index is -1.81. The lowest BCUT2D eigenvalue weighted by molar-refractivity contribution is -0.185. The van der Waals surface area contributed by atoms with Crippen LogP contribution in [0.15, 0.2) is 11.6 Å². The van der Waals surface area contributed by atoms with Crippen molar-refractivity contribution in [2.45, 2.75) is 123 Å². The van der Waals surface area contributed by atoms with E-state index in [2.05, 4.69) is 6.92 Å². The predicted octanol–water partition coefficient (Wildman–Crippen LogP) is 2.94. The van der Waals surface area contributed by atoms with E-state index in [1.54, 1.807) is 19.9 Å². The molecule has 0 bridgehead atoms. The van der Waals surface area contributed by atoms with E-state index in [0.717, 1.165) is 5.57 Å². The molecule has 0 spiro atoms. The van der Waals surface area contributed by atoms with E-state index in [-0.39, 0.29) is 24.5 Å². The van der Waals surface area contributed by atoms with Gasteiger partial charge in [-0.3, -0.25) is 9.59 Å². The molecule has 4 aliphatic rings. The molecule has 0 saturated heterocycles. The number of hydrogen-bond acceptors (Lipinski definition) is 7. The van der Waals surface area contributed by atoms with Crippen LogP contribution in [-0.4, -0.2) is 66.6 Å². The van der Waals surface area contributed by atoms with Crippen LogP contribution in [0, 0.1) is 39.4 Å². The van der Waals surface area contributed by atoms with E-state index >= 15 is 0 Å². The quantitative estimate of drug-likeness (QED) is 0.376. The van der Waals surface area contributed by atoms with Gasteiger partial charge in [-0.1, -0.05) is 40.2 Å². The van der Waals surface area contributed by atoms with Gasteiger partial charge < -0.3 is 25.5 Å². The number of aliphatic hydroxyl groups is 5. The normalized spacial score (nSPS) is 46.8. The van der Waals surface area contributed by atoms with Gasteiger partial charge in [0.2, 0.25) is 0 Å². The van der Waals surface area contributed by atoms with Crippen LogP contribution in [-0.2, 0) is 9.59 Å². The highest BCUT2D eigenvalue weighted by Gasteiger charge is 2.74. The first kappa shape index (κ1) is 28.9. The lowest BCUT2D eigenvalue weighted by atomic mass is 9.38. The van der Waals surface area contributed by atoms with Crippen molar-refractivity contribution in [1.82, 2.24) is 0 Å². The number of rotatable bonds is 5. The number of carbonyl (C=O) groups is 2. The Bertz CT molecular complexity index is 1010. The Hall–Kier alpha value is -1.12. The molecule has 10 unspecified atom stereocenters. The van der Waals surface area contributed by atoms with E-state index in [0.29, 0.717) is 25.7 Å². The molecule has 4 rings (SSSR count). The predicted molar refractivity (Wildman–Crippen MR) is 139 cm³/mol. The number of ketones is 2. The molecule has 0 heterocycles. The number of Topliss-reactive ketones (excluding diaryl/α,β-unsaturated/α-hetero) is 1. The maximum absolute atomic E-state index is 14.0. The highest BCUT2D eigenvalue weighted by Crippen LogP contribution is 2.74. The van der Waals surface area contributed by atoms with Crippen LogP contribution < -0.4 is 0 Å². The summed E-state index contributed by atoms with van der Waals surface area (Å²) in [4.78, 5) is 27.3. The van der Waals surface area contributed by atoms with Crippen LogP contribution in [0.25, 0.3) is 0 Å². The zero-order valence-electron chi connectivity index (χ0n) is 23.8. The summed E-state index contributed by atoms with van der Waals surface area (Å²) >= 11 is 0. The van der Waals surface area contributed by atoms with Crippen LogP contribution in [0.5, 0.6) is 0 Å². The Balaban J connectivity index is 1.76. The van der Waals surface area contributed by atoms with E-state index in [4.69, 9.17) is 0 Å². The zero-order valence-corrected chi connectivity index (χ0v) is 23.8. The molecule has 0 aromatic heterocycles. The zero-order chi connectivity index (χ0) is 28.1. The van der Waals surface area contributed by atoms with E-state index < -0.39 is 68.8 Å². The summed E-state index contributed by atoms with van der Waals surface area (Å²) in [6.07, 6.45) is 1.02. The van der Waals surface area contributed by atoms with Crippen molar-refractivity contribution in [2.75, 3.05) is 0 Å². The molecule has 210 valence electrons. The van der Waals surface area contributed by atoms with Crippen molar-refractivity contribution in [3.63, 3.8) is 0 Å². The third kappa shape index (κ3) is 3.94. The maximum atomic E-state index is 14.0. The van der Waals surface area contributed by atoms with Gasteiger partial charge in [0.05, 0.1) is 23.9 Å². The van der Waals surface area contributed by atoms with Crippen LogP contribution in [0.2, 0.25) is 0 Å². The molecule has 0 aliphatic heterocycles. The van der Waals surface area contributed by atoms with E-state index in [9.17, 15) is 35.1 Å². The average molecular weight is 521 g/mol. The molecular formula is C30H48O7. The lowest BCUT2D eigenvalue weighted by Gasteiger charge is -2.65. The van der Waals surface area contributed by atoms with Crippen molar-refractivity contribution in [1.29, 1.82) is 0 Å². The van der Waals surface area contributed by atoms with Crippen molar-refractivity contribution >= 4 is 11.6 Å². The van der Waals surface area contributed by atoms with Crippen LogP contribution >= 0.6 is 0 Å². The fourth-order valence-electron chi connectivity index (χ4n) is 9.46. The van der Waals surface area contributed by atoms with Gasteiger partial charge in [0.15, 0.2) is 11.6 Å². The molecule has 7 nitrogen and oxygen atoms in total. The number of hydrogen-bond donors (Lipinski definition) is 5. The van der Waals surface area contributed by atoms with Gasteiger partial charge in [-0.2, -0.15) is 0 Å². The largest absolute Gasteiger partial charge is 0.393 e. The fraction of sp³-hybridized carbons (Fsp3) is 0.867. The van der Waals surface area contributed by atoms with Gasteiger partial charge >= 0.3 is 0 Å². The van der Waals surface area contributed by atoms with E-state index in [1.807, 2.05) is 27.7 Å². The van der Waals surface area contributed by atoms with Gasteiger partial charge in [0.25, 0.3) is 0 Å². The molecule has 0 aromatic carbocycles. The second-order valence-electron chi connectivity index (χ2n) is 14.9. The maximum Gasteiger partial charge on any atom is 0.164 e. The molecule has 3 fully saturated rings. The minimum Gasteiger partial charge on any atom is -0.393 e. The first-order valence-electron chi connectivity index (χ1n) is 13.9. The summed E-state index contributed by atoms with van der Waals surface area (Å²) in [7, 11) is 0. The molecule has 0 radical (unpaired) electrons. The average Bonchev–Trinajstić information content (AvgIpc) is 2.96. The number of aliphatic hydroxyl groups excluding tert-OH is 3. The second kappa shape index (κ2) is 8.44. The van der Waals surface area contributed by atoms with Gasteiger partial charge in [0, 0.05) is 23.7 Å². The Labute approximate surface area is 221 Å². The van der Waals surface area contributed by atoms with Gasteiger partial charge in [-0.25, -0.2) is 0 Å². The Kier molecular flexibility index (Phi) is 6.59. The Morgan fingerprint density at radius 1 is 0.973 bits per heavy atom. The summed E-state index contributed by atoms with van der Waals surface area (Å²) in [6, 6.07) is 0. The summed E-state index contributed by atoms with van der Waals surface area (Å²) < 4.78 is 0. The molecule has 5 N–H and O–H groups in total. The van der Waals surface area contributed by atoms with Crippen molar-refractivity contribution in [2.24, 2.45) is 39.4 Å². The summed E-state index contributed by atoms with van der Waals surface area (Å²) in [6.45, 7) is 14.7. The highest BCUT2D eigenvalue weighted by molar-refractivity contribution is 5.95. The van der Waals surface area contributed by atoms with Crippen LogP contribution in [0.4, 0.5) is 0 Å². The van der Waals surface area contributed by atoms with Crippen molar-refractivity contribution < 1.29 is 35.1 Å². The number of fused-ring (bicyclic) bond motifs is 5. The van der Waals surface area contributed by atoms with Crippen LogP contribution in [0.1, 0.15) is 93.9 Å². The third-order valence-electron chi connectivity index (χ3n) is 11.7. The molecule has 3 saturated carbocycles. The molecule has 0 aromatic rings.